The van der Waals surface area contributed by atoms with Crippen molar-refractivity contribution < 1.29 is 17.8 Å². The van der Waals surface area contributed by atoms with Crippen molar-refractivity contribution in [2.45, 2.75) is 0 Å². The molecule has 0 amide bonds. The van der Waals surface area contributed by atoms with Crippen LogP contribution < -0.4 is 41.5 Å². The first-order chi connectivity index (χ1) is 40.2. The zero-order chi connectivity index (χ0) is 57.8. The van der Waals surface area contributed by atoms with Gasteiger partial charge in [0.15, 0.2) is 16.1 Å². The number of aromatic nitrogens is 2. The average molecular weight is 938 g/mol. The fourth-order valence-corrected chi connectivity index (χ4v) is 19.5. The van der Waals surface area contributed by atoms with Crippen molar-refractivity contribution in [1.82, 2.24) is 9.13 Å². The lowest BCUT2D eigenvalue weighted by atomic mass is 10.1. The zero-order valence-corrected chi connectivity index (χ0v) is 39.6. The van der Waals surface area contributed by atoms with Gasteiger partial charge in [-0.25, -0.2) is 0 Å². The smallest absolute Gasteiger partial charge is 0.179 e. The van der Waals surface area contributed by atoms with Crippen LogP contribution in [-0.2, 0) is 0 Å². The first kappa shape index (κ1) is 30.0. The van der Waals surface area contributed by atoms with Gasteiger partial charge in [-0.1, -0.05) is 242 Å². The van der Waals surface area contributed by atoms with Gasteiger partial charge in [0, 0.05) is 32.9 Å². The average Bonchev–Trinajstić information content (AvgIpc) is 0.973. The Morgan fingerprint density at radius 2 is 0.586 bits per heavy atom. The van der Waals surface area contributed by atoms with Crippen molar-refractivity contribution in [1.29, 1.82) is 0 Å². The van der Waals surface area contributed by atoms with E-state index in [2.05, 4.69) is 34.9 Å². The van der Waals surface area contributed by atoms with E-state index in [0.717, 1.165) is 38.3 Å². The van der Waals surface area contributed by atoms with E-state index in [1.165, 1.54) is 0 Å². The summed E-state index contributed by atoms with van der Waals surface area (Å²) >= 11 is 0. The number of hydrogen-bond donors (Lipinski definition) is 0. The molecule has 0 bridgehead atoms. The van der Waals surface area contributed by atoms with Crippen LogP contribution in [0.4, 0.5) is 0 Å². The molecule has 70 heavy (non-hydrogen) atoms. The van der Waals surface area contributed by atoms with Crippen LogP contribution in [0.3, 0.4) is 0 Å². The molecule has 2 heterocycles. The Hall–Kier alpha value is -8.55. The summed E-state index contributed by atoms with van der Waals surface area (Å²) in [6.45, 7) is 0. The third-order valence-electron chi connectivity index (χ3n) is 13.8. The van der Waals surface area contributed by atoms with Gasteiger partial charge >= 0.3 is 0 Å². The maximum atomic E-state index is 11.4. The largest absolute Gasteiger partial charge is 0.309 e. The number of para-hydroxylation sites is 3. The molecule has 330 valence electrons. The van der Waals surface area contributed by atoms with Crippen molar-refractivity contribution in [2.75, 3.05) is 0 Å². The number of fused-ring (bicyclic) bond motifs is 6. The highest BCUT2D eigenvalue weighted by atomic mass is 28.3. The predicted molar refractivity (Wildman–Crippen MR) is 302 cm³/mol. The van der Waals surface area contributed by atoms with Gasteiger partial charge in [-0.05, 0) is 90.0 Å². The molecule has 0 saturated heterocycles. The number of hydrogen-bond acceptors (Lipinski definition) is 0. The van der Waals surface area contributed by atoms with Crippen LogP contribution in [0, 0.1) is 0 Å². The van der Waals surface area contributed by atoms with Crippen LogP contribution in [0.15, 0.2) is 291 Å². The van der Waals surface area contributed by atoms with Crippen LogP contribution in [0.2, 0.25) is 0 Å². The lowest BCUT2D eigenvalue weighted by Crippen LogP contribution is -2.78. The Kier molecular flexibility index (Phi) is 7.38. The fraction of sp³-hybridized carbons (Fsp3) is 0. The molecule has 0 N–H and O–H groups in total. The lowest BCUT2D eigenvalue weighted by molar-refractivity contribution is 1.17. The van der Waals surface area contributed by atoms with E-state index < -0.39 is 82.6 Å². The molecule has 0 aliphatic carbocycles. The predicted octanol–water partition coefficient (Wildman–Crippen LogP) is 10.6. The Morgan fingerprint density at radius 3 is 0.986 bits per heavy atom. The van der Waals surface area contributed by atoms with Crippen LogP contribution in [0.5, 0.6) is 0 Å². The summed E-state index contributed by atoms with van der Waals surface area (Å²) in [5.41, 5.74) is 3.98. The standard InChI is InChI=1S/C66H48N2Si2/c1-7-25-51(26-8-1)69(52-27-9-2-10-28-52,53-29-11-3-12-30-53)57-45-50(46-58(48-57)70(54-31-13-4-14-32-54,55-33-15-5-16-34-55)56-35-17-6-18-36-56)68-65-42-24-21-39-61(65)62-47-49(43-44-66(62)68)67-63-40-22-19-37-59(63)60-38-20-23-41-64(60)67/h1-48H/i1D,4D,7D,8D,13D,14D,25D,26D,31D,32D,45D,46D,48D. The Morgan fingerprint density at radius 1 is 0.257 bits per heavy atom. The van der Waals surface area contributed by atoms with E-state index in [9.17, 15) is 15.1 Å². The Bertz CT molecular complexity index is 4410. The SMILES string of the molecule is [2H]c1c([2H])c([2H])c([Si](c2ccccc2)(c2ccccc2)c2c([2H])c(-n3c4ccccc4c4cc(-n5c6ccccc6c6ccccc65)ccc43)c([2H])c([Si](c3ccccc3)(c3ccccc3)c3c([2H])c([2H])c([2H])c([2H])c3[2H])c2[2H])c([2H])c1[2H]. The van der Waals surface area contributed by atoms with E-state index in [1.54, 1.807) is 121 Å². The molecule has 4 heteroatoms. The monoisotopic (exact) mass is 937 g/mol. The van der Waals surface area contributed by atoms with E-state index >= 15 is 0 Å². The van der Waals surface area contributed by atoms with Gasteiger partial charge in [-0.15, -0.1) is 0 Å². The summed E-state index contributed by atoms with van der Waals surface area (Å²) in [5, 5.41) is 5.24. The van der Waals surface area contributed by atoms with Crippen LogP contribution in [-0.4, -0.2) is 25.3 Å². The molecule has 0 aliphatic rings. The van der Waals surface area contributed by atoms with Gasteiger partial charge in [0.1, 0.15) is 0 Å². The molecule has 0 saturated carbocycles. The van der Waals surface area contributed by atoms with Crippen LogP contribution >= 0.6 is 0 Å². The molecule has 0 radical (unpaired) electrons. The quantitative estimate of drug-likeness (QED) is 0.0955. The molecule has 0 aliphatic heterocycles. The van der Waals surface area contributed by atoms with Gasteiger partial charge in [0.05, 0.1) is 39.9 Å². The fourth-order valence-electron chi connectivity index (χ4n) is 10.8. The second-order valence-electron chi connectivity index (χ2n) is 17.4. The zero-order valence-electron chi connectivity index (χ0n) is 50.6. The number of rotatable bonds is 10. The van der Waals surface area contributed by atoms with Gasteiger partial charge in [-0.3, -0.25) is 0 Å². The van der Waals surface area contributed by atoms with Crippen molar-refractivity contribution in [3.63, 3.8) is 0 Å². The topological polar surface area (TPSA) is 9.86 Å². The van der Waals surface area contributed by atoms with Gasteiger partial charge in [0.2, 0.25) is 0 Å². The van der Waals surface area contributed by atoms with Crippen LogP contribution in [0.25, 0.3) is 55.0 Å². The first-order valence-corrected chi connectivity index (χ1v) is 27.2. The molecule has 2 nitrogen and oxygen atoms in total. The molecular weight excluding hydrogens is 877 g/mol. The van der Waals surface area contributed by atoms with Crippen molar-refractivity contribution in [3.05, 3.63) is 291 Å². The second kappa shape index (κ2) is 17.2. The molecule has 0 unspecified atom stereocenters. The van der Waals surface area contributed by atoms with E-state index in [4.69, 9.17) is 2.74 Å². The summed E-state index contributed by atoms with van der Waals surface area (Å²) in [7, 11) is -9.57. The molecule has 0 fully saturated rings. The number of benzene rings is 11. The minimum atomic E-state index is -4.78. The van der Waals surface area contributed by atoms with E-state index in [1.807, 2.05) is 65.2 Å². The van der Waals surface area contributed by atoms with Crippen molar-refractivity contribution in [2.24, 2.45) is 0 Å². The van der Waals surface area contributed by atoms with Gasteiger partial charge < -0.3 is 9.13 Å². The van der Waals surface area contributed by atoms with Crippen molar-refractivity contribution in [3.8, 4) is 11.4 Å². The molecule has 13 rings (SSSR count). The minimum Gasteiger partial charge on any atom is -0.309 e. The normalized spacial score (nSPS) is 14.6. The Labute approximate surface area is 428 Å². The second-order valence-corrected chi connectivity index (χ2v) is 24.7. The van der Waals surface area contributed by atoms with E-state index in [0.29, 0.717) is 31.8 Å². The first-order valence-electron chi connectivity index (χ1n) is 29.7. The summed E-state index contributed by atoms with van der Waals surface area (Å²) in [5.74, 6) is 0. The Balaban J connectivity index is 1.31. The van der Waals surface area contributed by atoms with Crippen LogP contribution in [0.1, 0.15) is 17.8 Å². The molecule has 0 atom stereocenters. The minimum absolute atomic E-state index is 0.0194. The highest BCUT2D eigenvalue weighted by molar-refractivity contribution is 7.22. The maximum absolute atomic E-state index is 11.4. The number of nitrogens with zero attached hydrogens (tertiary/aromatic N) is 2. The molecule has 0 spiro atoms. The van der Waals surface area contributed by atoms with Gasteiger partial charge in [-0.2, -0.15) is 0 Å². The summed E-state index contributed by atoms with van der Waals surface area (Å²) in [4.78, 5) is 0. The van der Waals surface area contributed by atoms with Crippen molar-refractivity contribution >= 4 is 101 Å². The molecular formula is C66H48N2Si2. The molecule has 2 aromatic heterocycles. The summed E-state index contributed by atoms with van der Waals surface area (Å²) < 4.78 is 133. The summed E-state index contributed by atoms with van der Waals surface area (Å²) in [6, 6.07) is 59.2. The molecule has 13 aromatic rings. The third-order valence-corrected chi connectivity index (χ3v) is 22.6. The van der Waals surface area contributed by atoms with Gasteiger partial charge in [0.25, 0.3) is 0 Å². The lowest BCUT2D eigenvalue weighted by Gasteiger charge is -2.38. The summed E-state index contributed by atoms with van der Waals surface area (Å²) in [6.07, 6.45) is 0. The highest BCUT2D eigenvalue weighted by Gasteiger charge is 2.46. The molecule has 11 aromatic carbocycles. The highest BCUT2D eigenvalue weighted by Crippen LogP contribution is 2.37. The third kappa shape index (κ3) is 6.45. The van der Waals surface area contributed by atoms with E-state index in [-0.39, 0.29) is 38.5 Å². The maximum Gasteiger partial charge on any atom is 0.179 e.